The second-order valence-electron chi connectivity index (χ2n) is 3.71. The second-order valence-corrected chi connectivity index (χ2v) is 5.15. The van der Waals surface area contributed by atoms with Gasteiger partial charge in [-0.2, -0.15) is 0 Å². The first-order valence-electron chi connectivity index (χ1n) is 4.81. The maximum Gasteiger partial charge on any atom is 0.306 e. The highest BCUT2D eigenvalue weighted by Crippen LogP contribution is 2.17. The maximum absolute atomic E-state index is 11.5. The van der Waals surface area contributed by atoms with E-state index in [1.165, 1.54) is 6.26 Å². The molecule has 6 heteroatoms. The molecule has 15 heavy (non-hydrogen) atoms. The molecule has 5 nitrogen and oxygen atoms in total. The van der Waals surface area contributed by atoms with Gasteiger partial charge < -0.3 is 10.0 Å². The van der Waals surface area contributed by atoms with E-state index >= 15 is 0 Å². The minimum Gasteiger partial charge on any atom is -0.481 e. The summed E-state index contributed by atoms with van der Waals surface area (Å²) >= 11 is 0. The molecular formula is C9H15NO4S. The van der Waals surface area contributed by atoms with E-state index in [4.69, 9.17) is 5.11 Å². The summed E-state index contributed by atoms with van der Waals surface area (Å²) in [7, 11) is -1.12. The minimum absolute atomic E-state index is 0.0394. The maximum atomic E-state index is 11.5. The van der Waals surface area contributed by atoms with Gasteiger partial charge in [-0.15, -0.1) is 0 Å². The molecular weight excluding hydrogens is 218 g/mol. The summed E-state index contributed by atoms with van der Waals surface area (Å²) in [4.78, 5) is 23.7. The molecule has 1 amide bonds. The van der Waals surface area contributed by atoms with Crippen molar-refractivity contribution in [2.45, 2.75) is 12.8 Å². The molecule has 0 aliphatic carbocycles. The third-order valence-electron chi connectivity index (χ3n) is 2.52. The van der Waals surface area contributed by atoms with Crippen LogP contribution in [0.1, 0.15) is 12.8 Å². The van der Waals surface area contributed by atoms with Crippen LogP contribution in [0.4, 0.5) is 0 Å². The number of carboxylic acid groups (broad SMARTS) is 1. The van der Waals surface area contributed by atoms with Crippen LogP contribution >= 0.6 is 0 Å². The molecule has 0 spiro atoms. The van der Waals surface area contributed by atoms with Crippen molar-refractivity contribution < 1.29 is 18.9 Å². The third kappa shape index (κ3) is 3.62. The van der Waals surface area contributed by atoms with Crippen LogP contribution < -0.4 is 0 Å². The van der Waals surface area contributed by atoms with Gasteiger partial charge >= 0.3 is 5.97 Å². The predicted octanol–water partition coefficient (Wildman–Crippen LogP) is -0.312. The van der Waals surface area contributed by atoms with Crippen molar-refractivity contribution in [3.63, 3.8) is 0 Å². The molecule has 1 N–H and O–H groups in total. The molecule has 1 heterocycles. The quantitative estimate of drug-likeness (QED) is 0.725. The summed E-state index contributed by atoms with van der Waals surface area (Å²) < 4.78 is 10.8. The Kier molecular flexibility index (Phi) is 4.26. The highest BCUT2D eigenvalue weighted by atomic mass is 32.2. The molecule has 1 atom stereocenters. The predicted molar refractivity (Wildman–Crippen MR) is 55.9 cm³/mol. The van der Waals surface area contributed by atoms with E-state index in [-0.39, 0.29) is 17.6 Å². The monoisotopic (exact) mass is 233 g/mol. The fourth-order valence-electron chi connectivity index (χ4n) is 1.64. The molecule has 0 aromatic heterocycles. The van der Waals surface area contributed by atoms with Gasteiger partial charge in [-0.25, -0.2) is 0 Å². The Labute approximate surface area is 90.9 Å². The Morgan fingerprint density at radius 3 is 2.33 bits per heavy atom. The van der Waals surface area contributed by atoms with E-state index in [0.717, 1.165) is 0 Å². The molecule has 1 aliphatic rings. The summed E-state index contributed by atoms with van der Waals surface area (Å²) in [5.74, 6) is -1.22. The fourth-order valence-corrected chi connectivity index (χ4v) is 2.17. The van der Waals surface area contributed by atoms with E-state index in [1.807, 2.05) is 0 Å². The normalized spacial score (nSPS) is 19.9. The van der Waals surface area contributed by atoms with E-state index in [0.29, 0.717) is 25.9 Å². The Morgan fingerprint density at radius 1 is 1.40 bits per heavy atom. The van der Waals surface area contributed by atoms with Crippen molar-refractivity contribution >= 4 is 22.7 Å². The molecule has 0 bridgehead atoms. The van der Waals surface area contributed by atoms with Gasteiger partial charge in [-0.1, -0.05) is 0 Å². The molecule has 1 aliphatic heterocycles. The Bertz CT molecular complexity index is 284. The number of nitrogens with zero attached hydrogens (tertiary/aromatic N) is 1. The largest absolute Gasteiger partial charge is 0.481 e. The zero-order chi connectivity index (χ0) is 11.4. The van der Waals surface area contributed by atoms with Crippen LogP contribution in [0, 0.1) is 5.92 Å². The highest BCUT2D eigenvalue weighted by Gasteiger charge is 2.26. The molecule has 0 radical (unpaired) electrons. The number of amides is 1. The summed E-state index contributed by atoms with van der Waals surface area (Å²) in [5, 5.41) is 8.76. The van der Waals surface area contributed by atoms with Gasteiger partial charge in [0.25, 0.3) is 0 Å². The van der Waals surface area contributed by atoms with Crippen molar-refractivity contribution in [2.75, 3.05) is 25.1 Å². The second kappa shape index (κ2) is 5.25. The van der Waals surface area contributed by atoms with Crippen LogP contribution in [0.5, 0.6) is 0 Å². The number of rotatable bonds is 3. The minimum atomic E-state index is -1.12. The van der Waals surface area contributed by atoms with Crippen molar-refractivity contribution in [1.29, 1.82) is 0 Å². The van der Waals surface area contributed by atoms with Crippen LogP contribution in [0.25, 0.3) is 0 Å². The smallest absolute Gasteiger partial charge is 0.306 e. The Morgan fingerprint density at radius 2 is 1.93 bits per heavy atom. The number of carbonyl (C=O) groups excluding carboxylic acids is 1. The third-order valence-corrected chi connectivity index (χ3v) is 3.18. The van der Waals surface area contributed by atoms with Gasteiger partial charge in [0.1, 0.15) is 5.75 Å². The summed E-state index contributed by atoms with van der Waals surface area (Å²) in [6, 6.07) is 0. The lowest BCUT2D eigenvalue weighted by atomic mass is 9.97. The SMILES string of the molecule is CS(=O)CC(=O)N1CCC(C(=O)O)CC1. The molecule has 1 saturated heterocycles. The number of aliphatic carboxylic acids is 1. The first-order chi connectivity index (χ1) is 7.00. The van der Waals surface area contributed by atoms with Gasteiger partial charge in [0.15, 0.2) is 0 Å². The number of carbonyl (C=O) groups is 2. The average molecular weight is 233 g/mol. The van der Waals surface area contributed by atoms with Crippen LogP contribution in [0.2, 0.25) is 0 Å². The Balaban J connectivity index is 2.40. The number of hydrogen-bond donors (Lipinski definition) is 1. The lowest BCUT2D eigenvalue weighted by molar-refractivity contribution is -0.145. The molecule has 0 saturated carbocycles. The fraction of sp³-hybridized carbons (Fsp3) is 0.778. The molecule has 0 aromatic rings. The molecule has 1 unspecified atom stereocenters. The zero-order valence-corrected chi connectivity index (χ0v) is 9.46. The molecule has 86 valence electrons. The zero-order valence-electron chi connectivity index (χ0n) is 8.64. The van der Waals surface area contributed by atoms with Gasteiger partial charge in [0, 0.05) is 30.1 Å². The number of carboxylic acids is 1. The molecule has 1 fully saturated rings. The Hall–Kier alpha value is -0.910. The van der Waals surface area contributed by atoms with E-state index < -0.39 is 16.8 Å². The summed E-state index contributed by atoms with van der Waals surface area (Å²) in [5.41, 5.74) is 0. The lowest BCUT2D eigenvalue weighted by Crippen LogP contribution is -2.42. The summed E-state index contributed by atoms with van der Waals surface area (Å²) in [6.07, 6.45) is 2.48. The van der Waals surface area contributed by atoms with Gasteiger partial charge in [0.2, 0.25) is 5.91 Å². The number of likely N-dealkylation sites (tertiary alicyclic amines) is 1. The topological polar surface area (TPSA) is 74.7 Å². The first kappa shape index (κ1) is 12.2. The average Bonchev–Trinajstić information content (AvgIpc) is 2.17. The highest BCUT2D eigenvalue weighted by molar-refractivity contribution is 7.85. The van der Waals surface area contributed by atoms with E-state index in [1.54, 1.807) is 4.90 Å². The van der Waals surface area contributed by atoms with Crippen LogP contribution in [0.3, 0.4) is 0 Å². The van der Waals surface area contributed by atoms with Crippen molar-refractivity contribution in [2.24, 2.45) is 5.92 Å². The number of piperidine rings is 1. The van der Waals surface area contributed by atoms with Gasteiger partial charge in [-0.05, 0) is 12.8 Å². The van der Waals surface area contributed by atoms with Crippen LogP contribution in [-0.4, -0.2) is 51.2 Å². The van der Waals surface area contributed by atoms with Crippen molar-refractivity contribution in [1.82, 2.24) is 4.90 Å². The standard InChI is InChI=1S/C9H15NO4S/c1-15(14)6-8(11)10-4-2-7(3-5-10)9(12)13/h7H,2-6H2,1H3,(H,12,13). The van der Waals surface area contributed by atoms with Gasteiger partial charge in [0.05, 0.1) is 5.92 Å². The first-order valence-corrected chi connectivity index (χ1v) is 6.54. The van der Waals surface area contributed by atoms with Crippen molar-refractivity contribution in [3.8, 4) is 0 Å². The lowest BCUT2D eigenvalue weighted by Gasteiger charge is -2.29. The summed E-state index contributed by atoms with van der Waals surface area (Å²) in [6.45, 7) is 0.931. The molecule has 0 aromatic carbocycles. The van der Waals surface area contributed by atoms with Crippen LogP contribution in [0.15, 0.2) is 0 Å². The van der Waals surface area contributed by atoms with E-state index in [9.17, 15) is 13.8 Å². The van der Waals surface area contributed by atoms with Crippen LogP contribution in [-0.2, 0) is 20.4 Å². The number of hydrogen-bond acceptors (Lipinski definition) is 3. The van der Waals surface area contributed by atoms with Gasteiger partial charge in [-0.3, -0.25) is 13.8 Å². The van der Waals surface area contributed by atoms with Crippen molar-refractivity contribution in [3.05, 3.63) is 0 Å². The molecule has 1 rings (SSSR count). The van der Waals surface area contributed by atoms with E-state index in [2.05, 4.69) is 0 Å².